The number of carbonyl (C=O) groups excluding carboxylic acids is 1. The average molecular weight is 459 g/mol. The van der Waals surface area contributed by atoms with Gasteiger partial charge in [0.25, 0.3) is 5.69 Å². The lowest BCUT2D eigenvalue weighted by atomic mass is 10.1. The number of carbonyl (C=O) groups is 1. The molecule has 0 aliphatic rings. The SMILES string of the molecule is O=C(Cc1ccc([N+](=O)[O-])cc1)NNc1ncnc(Nc2cccc3ccccc23)c1[N+](=O)[O-]. The van der Waals surface area contributed by atoms with Gasteiger partial charge in [0.1, 0.15) is 6.33 Å². The molecule has 0 saturated heterocycles. The fourth-order valence-electron chi connectivity index (χ4n) is 3.29. The summed E-state index contributed by atoms with van der Waals surface area (Å²) in [4.78, 5) is 41.5. The van der Waals surface area contributed by atoms with Gasteiger partial charge in [0.05, 0.1) is 16.3 Å². The molecule has 0 atom stereocenters. The monoisotopic (exact) mass is 459 g/mol. The van der Waals surface area contributed by atoms with Gasteiger partial charge >= 0.3 is 5.69 Å². The van der Waals surface area contributed by atoms with Gasteiger partial charge in [0.15, 0.2) is 0 Å². The molecule has 12 nitrogen and oxygen atoms in total. The minimum Gasteiger partial charge on any atom is -0.334 e. The van der Waals surface area contributed by atoms with Crippen molar-refractivity contribution in [2.24, 2.45) is 0 Å². The first-order chi connectivity index (χ1) is 16.4. The van der Waals surface area contributed by atoms with Crippen molar-refractivity contribution in [1.82, 2.24) is 15.4 Å². The summed E-state index contributed by atoms with van der Waals surface area (Å²) >= 11 is 0. The third-order valence-electron chi connectivity index (χ3n) is 4.88. The van der Waals surface area contributed by atoms with E-state index >= 15 is 0 Å². The highest BCUT2D eigenvalue weighted by molar-refractivity contribution is 5.96. The number of hydrogen-bond donors (Lipinski definition) is 3. The van der Waals surface area contributed by atoms with E-state index < -0.39 is 21.4 Å². The van der Waals surface area contributed by atoms with Gasteiger partial charge in [-0.3, -0.25) is 35.9 Å². The van der Waals surface area contributed by atoms with E-state index in [1.54, 1.807) is 6.07 Å². The van der Waals surface area contributed by atoms with E-state index in [4.69, 9.17) is 0 Å². The van der Waals surface area contributed by atoms with Crippen molar-refractivity contribution in [3.05, 3.63) is 98.8 Å². The maximum Gasteiger partial charge on any atom is 0.355 e. The van der Waals surface area contributed by atoms with Gasteiger partial charge < -0.3 is 5.32 Å². The number of benzene rings is 3. The Hall–Kier alpha value is -5.13. The third-order valence-corrected chi connectivity index (χ3v) is 4.88. The molecule has 1 amide bonds. The summed E-state index contributed by atoms with van der Waals surface area (Å²) < 4.78 is 0. The molecule has 0 aliphatic heterocycles. The number of amides is 1. The molecule has 3 N–H and O–H groups in total. The fourth-order valence-corrected chi connectivity index (χ4v) is 3.29. The zero-order valence-corrected chi connectivity index (χ0v) is 17.5. The highest BCUT2D eigenvalue weighted by atomic mass is 16.6. The Morgan fingerprint density at radius 2 is 1.56 bits per heavy atom. The Morgan fingerprint density at radius 1 is 0.853 bits per heavy atom. The number of rotatable bonds is 8. The first-order valence-electron chi connectivity index (χ1n) is 9.95. The quantitative estimate of drug-likeness (QED) is 0.262. The minimum absolute atomic E-state index is 0.0523. The van der Waals surface area contributed by atoms with Crippen LogP contribution >= 0.6 is 0 Å². The number of hydrogen-bond acceptors (Lipinski definition) is 9. The van der Waals surface area contributed by atoms with Gasteiger partial charge in [-0.1, -0.05) is 48.5 Å². The smallest absolute Gasteiger partial charge is 0.334 e. The number of nitro groups is 2. The van der Waals surface area contributed by atoms with Crippen molar-refractivity contribution in [3.63, 3.8) is 0 Å². The topological polar surface area (TPSA) is 165 Å². The van der Waals surface area contributed by atoms with Gasteiger partial charge in [-0.2, -0.15) is 0 Å². The molecule has 0 bridgehead atoms. The Labute approximate surface area is 191 Å². The van der Waals surface area contributed by atoms with Crippen LogP contribution < -0.4 is 16.2 Å². The summed E-state index contributed by atoms with van der Waals surface area (Å²) in [6.45, 7) is 0. The molecule has 170 valence electrons. The Balaban J connectivity index is 1.51. The van der Waals surface area contributed by atoms with Gasteiger partial charge in [-0.15, -0.1) is 0 Å². The van der Waals surface area contributed by atoms with Crippen LogP contribution in [-0.4, -0.2) is 25.7 Å². The molecule has 1 heterocycles. The van der Waals surface area contributed by atoms with Crippen LogP contribution in [0.25, 0.3) is 10.8 Å². The molecule has 3 aromatic carbocycles. The van der Waals surface area contributed by atoms with E-state index in [0.29, 0.717) is 11.3 Å². The molecule has 0 unspecified atom stereocenters. The molecule has 1 aromatic heterocycles. The second kappa shape index (κ2) is 9.56. The lowest BCUT2D eigenvalue weighted by Gasteiger charge is -2.12. The molecular weight excluding hydrogens is 442 g/mol. The summed E-state index contributed by atoms with van der Waals surface area (Å²) in [5.41, 5.74) is 5.42. The molecule has 0 spiro atoms. The van der Waals surface area contributed by atoms with E-state index in [1.165, 1.54) is 24.3 Å². The maximum absolute atomic E-state index is 12.3. The largest absolute Gasteiger partial charge is 0.355 e. The van der Waals surface area contributed by atoms with Crippen molar-refractivity contribution < 1.29 is 14.6 Å². The van der Waals surface area contributed by atoms with E-state index in [9.17, 15) is 25.0 Å². The van der Waals surface area contributed by atoms with Gasteiger partial charge in [0, 0.05) is 23.2 Å². The first-order valence-corrected chi connectivity index (χ1v) is 9.95. The van der Waals surface area contributed by atoms with E-state index in [0.717, 1.165) is 17.1 Å². The van der Waals surface area contributed by atoms with E-state index in [-0.39, 0.29) is 23.7 Å². The molecule has 0 fully saturated rings. The summed E-state index contributed by atoms with van der Waals surface area (Å²) in [6.07, 6.45) is 1.02. The van der Waals surface area contributed by atoms with Crippen molar-refractivity contribution in [2.45, 2.75) is 6.42 Å². The molecule has 4 rings (SSSR count). The van der Waals surface area contributed by atoms with Crippen molar-refractivity contribution in [1.29, 1.82) is 0 Å². The summed E-state index contributed by atoms with van der Waals surface area (Å²) in [6, 6.07) is 18.5. The molecule has 0 aliphatic carbocycles. The molecule has 12 heteroatoms. The van der Waals surface area contributed by atoms with Crippen molar-refractivity contribution in [3.8, 4) is 0 Å². The molecular formula is C22H17N7O5. The zero-order chi connectivity index (χ0) is 24.1. The van der Waals surface area contributed by atoms with Crippen LogP contribution in [0.5, 0.6) is 0 Å². The zero-order valence-electron chi connectivity index (χ0n) is 17.5. The van der Waals surface area contributed by atoms with Gasteiger partial charge in [-0.25, -0.2) is 9.97 Å². The fraction of sp³-hybridized carbons (Fsp3) is 0.0455. The van der Waals surface area contributed by atoms with Gasteiger partial charge in [-0.05, 0) is 17.0 Å². The predicted molar refractivity (Wildman–Crippen MR) is 124 cm³/mol. The van der Waals surface area contributed by atoms with Crippen LogP contribution in [0.1, 0.15) is 5.56 Å². The lowest BCUT2D eigenvalue weighted by molar-refractivity contribution is -0.384. The highest BCUT2D eigenvalue weighted by Gasteiger charge is 2.24. The van der Waals surface area contributed by atoms with Crippen LogP contribution in [0, 0.1) is 20.2 Å². The predicted octanol–water partition coefficient (Wildman–Crippen LogP) is 3.88. The van der Waals surface area contributed by atoms with Crippen LogP contribution in [0.3, 0.4) is 0 Å². The first kappa shape index (κ1) is 22.1. The number of nitrogens with zero attached hydrogens (tertiary/aromatic N) is 4. The number of anilines is 3. The number of nitro benzene ring substituents is 1. The van der Waals surface area contributed by atoms with Crippen LogP contribution in [0.2, 0.25) is 0 Å². The summed E-state index contributed by atoms with van der Waals surface area (Å²) in [7, 11) is 0. The van der Waals surface area contributed by atoms with Crippen molar-refractivity contribution in [2.75, 3.05) is 10.7 Å². The number of aromatic nitrogens is 2. The van der Waals surface area contributed by atoms with Crippen LogP contribution in [-0.2, 0) is 11.2 Å². The molecule has 4 aromatic rings. The molecule has 34 heavy (non-hydrogen) atoms. The second-order valence-corrected chi connectivity index (χ2v) is 7.10. The van der Waals surface area contributed by atoms with Crippen molar-refractivity contribution >= 4 is 45.4 Å². The summed E-state index contributed by atoms with van der Waals surface area (Å²) in [5, 5.41) is 27.3. The Morgan fingerprint density at radius 3 is 2.29 bits per heavy atom. The number of hydrazine groups is 1. The highest BCUT2D eigenvalue weighted by Crippen LogP contribution is 2.33. The van der Waals surface area contributed by atoms with Crippen LogP contribution in [0.15, 0.2) is 73.1 Å². The van der Waals surface area contributed by atoms with Gasteiger partial charge in [0.2, 0.25) is 17.5 Å². The maximum atomic E-state index is 12.3. The van der Waals surface area contributed by atoms with E-state index in [2.05, 4.69) is 26.1 Å². The minimum atomic E-state index is -0.654. The second-order valence-electron chi connectivity index (χ2n) is 7.10. The summed E-state index contributed by atoms with van der Waals surface area (Å²) in [5.74, 6) is -0.784. The van der Waals surface area contributed by atoms with Crippen LogP contribution in [0.4, 0.5) is 28.7 Å². The molecule has 0 radical (unpaired) electrons. The lowest BCUT2D eigenvalue weighted by Crippen LogP contribution is -2.31. The Kier molecular flexibility index (Phi) is 6.21. The Bertz CT molecular complexity index is 1390. The number of nitrogens with one attached hydrogen (secondary N) is 3. The number of fused-ring (bicyclic) bond motifs is 1. The van der Waals surface area contributed by atoms with E-state index in [1.807, 2.05) is 36.4 Å². The third kappa shape index (κ3) is 4.85. The molecule has 0 saturated carbocycles. The average Bonchev–Trinajstić information content (AvgIpc) is 2.83. The standard InChI is InChI=1S/C22H17N7O5/c30-19(12-14-8-10-16(11-9-14)28(31)32)26-27-22-20(29(33)34)21(23-13-24-22)25-18-7-3-5-15-4-1-2-6-17(15)18/h1-11,13H,12H2,(H,26,30)(H2,23,24,25,27). The number of non-ortho nitro benzene ring substituents is 1. The normalized spacial score (nSPS) is 10.5.